The van der Waals surface area contributed by atoms with E-state index in [0.29, 0.717) is 35.4 Å². The zero-order valence-corrected chi connectivity index (χ0v) is 24.0. The first-order valence-corrected chi connectivity index (χ1v) is 15.0. The second kappa shape index (κ2) is 9.41. The summed E-state index contributed by atoms with van der Waals surface area (Å²) in [5, 5.41) is 11.6. The minimum atomic E-state index is -0.680. The van der Waals surface area contributed by atoms with Crippen LogP contribution in [0.4, 0.5) is 11.4 Å². The molecule has 3 amide bonds. The van der Waals surface area contributed by atoms with E-state index in [-0.39, 0.29) is 18.2 Å². The van der Waals surface area contributed by atoms with Crippen molar-refractivity contribution >= 4 is 39.9 Å². The quantitative estimate of drug-likeness (QED) is 0.337. The largest absolute Gasteiger partial charge is 0.380 e. The number of hydrogen-bond donors (Lipinski definition) is 3. The van der Waals surface area contributed by atoms with Crippen LogP contribution in [0.25, 0.3) is 10.8 Å². The zero-order chi connectivity index (χ0) is 28.5. The Morgan fingerprint density at radius 3 is 2.37 bits per heavy atom. The maximum absolute atomic E-state index is 13.4. The summed E-state index contributed by atoms with van der Waals surface area (Å²) in [4.78, 5) is 39.2. The number of amides is 3. The van der Waals surface area contributed by atoms with Gasteiger partial charge in [-0.3, -0.25) is 24.6 Å². The lowest BCUT2D eigenvalue weighted by atomic mass is 9.69. The van der Waals surface area contributed by atoms with E-state index < -0.39 is 11.9 Å². The van der Waals surface area contributed by atoms with Crippen LogP contribution < -0.4 is 20.9 Å². The topological polar surface area (TPSA) is 90.5 Å². The van der Waals surface area contributed by atoms with Gasteiger partial charge < -0.3 is 10.6 Å². The molecule has 0 aromatic heterocycles. The van der Waals surface area contributed by atoms with Crippen LogP contribution >= 0.6 is 0 Å². The first-order valence-electron chi connectivity index (χ1n) is 15.0. The summed E-state index contributed by atoms with van der Waals surface area (Å²) < 4.78 is 0. The molecule has 2 heterocycles. The minimum absolute atomic E-state index is 0.190. The molecule has 1 unspecified atom stereocenters. The van der Waals surface area contributed by atoms with Crippen molar-refractivity contribution in [3.05, 3.63) is 71.3 Å². The number of rotatable bonds is 7. The Labute approximate surface area is 241 Å². The molecule has 2 aliphatic heterocycles. The van der Waals surface area contributed by atoms with Gasteiger partial charge in [0.25, 0.3) is 5.91 Å². The van der Waals surface area contributed by atoms with Crippen LogP contribution in [0.3, 0.4) is 0 Å². The standard InChI is InChI=1S/C34H38N4O3/c1-33(2)22-15-16-34(33,3)28(17-22)36-19-21-9-7-20(8-10-21)18-35-25-11-12-26-30-23(25)5-4-6-24(30)32(41)38(26)27-13-14-29(39)37-31(27)40/h4-12,22,27-28,35-36H,13-19H2,1-3H3,(H,37,39,40)/t22-,27?,28+,34+/m1/s1. The first kappa shape index (κ1) is 26.2. The summed E-state index contributed by atoms with van der Waals surface area (Å²) in [6.07, 6.45) is 4.55. The highest BCUT2D eigenvalue weighted by molar-refractivity contribution is 6.28. The van der Waals surface area contributed by atoms with Crippen LogP contribution in [-0.2, 0) is 22.7 Å². The fourth-order valence-corrected chi connectivity index (χ4v) is 8.12. The molecule has 3 N–H and O–H groups in total. The molecule has 212 valence electrons. The summed E-state index contributed by atoms with van der Waals surface area (Å²) >= 11 is 0. The van der Waals surface area contributed by atoms with Crippen molar-refractivity contribution in [3.8, 4) is 0 Å². The van der Waals surface area contributed by atoms with E-state index in [2.05, 4.69) is 61.0 Å². The van der Waals surface area contributed by atoms with E-state index in [0.717, 1.165) is 34.6 Å². The average Bonchev–Trinajstić information content (AvgIpc) is 3.45. The fraction of sp³-hybridized carbons (Fsp3) is 0.441. The SMILES string of the molecule is CC1(C)[C@@H]2CC[C@@]1(C)[C@@H](NCc1ccc(CNc3ccc4c5c(cccc35)C(=O)N4C3CCC(=O)NC3=O)cc1)C2. The monoisotopic (exact) mass is 550 g/mol. The highest BCUT2D eigenvalue weighted by Gasteiger charge is 2.61. The Morgan fingerprint density at radius 1 is 0.927 bits per heavy atom. The van der Waals surface area contributed by atoms with Crippen LogP contribution in [0.2, 0.25) is 0 Å². The number of benzene rings is 3. The number of fused-ring (bicyclic) bond motifs is 2. The molecule has 2 aliphatic carbocycles. The van der Waals surface area contributed by atoms with E-state index in [1.807, 2.05) is 30.3 Å². The molecule has 2 saturated carbocycles. The van der Waals surface area contributed by atoms with Crippen molar-refractivity contribution in [2.45, 2.75) is 78.0 Å². The van der Waals surface area contributed by atoms with E-state index in [4.69, 9.17) is 0 Å². The third-order valence-electron chi connectivity index (χ3n) is 11.1. The highest BCUT2D eigenvalue weighted by atomic mass is 16.2. The van der Waals surface area contributed by atoms with Crippen LogP contribution in [0.15, 0.2) is 54.6 Å². The summed E-state index contributed by atoms with van der Waals surface area (Å²) in [6.45, 7) is 8.96. The lowest BCUT2D eigenvalue weighted by Gasteiger charge is -2.39. The number of anilines is 2. The van der Waals surface area contributed by atoms with Crippen molar-refractivity contribution in [3.63, 3.8) is 0 Å². The molecule has 7 nitrogen and oxygen atoms in total. The van der Waals surface area contributed by atoms with Gasteiger partial charge in [0.05, 0.1) is 5.69 Å². The van der Waals surface area contributed by atoms with Crippen LogP contribution in [-0.4, -0.2) is 29.8 Å². The maximum atomic E-state index is 13.4. The lowest BCUT2D eigenvalue weighted by molar-refractivity contribution is -0.134. The predicted molar refractivity (Wildman–Crippen MR) is 161 cm³/mol. The summed E-state index contributed by atoms with van der Waals surface area (Å²) in [6, 6.07) is 18.3. The van der Waals surface area contributed by atoms with Gasteiger partial charge in [0.1, 0.15) is 6.04 Å². The first-order chi connectivity index (χ1) is 19.7. The Balaban J connectivity index is 1.04. The Bertz CT molecular complexity index is 1580. The maximum Gasteiger partial charge on any atom is 0.259 e. The van der Waals surface area contributed by atoms with Gasteiger partial charge in [-0.15, -0.1) is 0 Å². The Hall–Kier alpha value is -3.71. The molecule has 1 saturated heterocycles. The third-order valence-corrected chi connectivity index (χ3v) is 11.1. The number of nitrogens with one attached hydrogen (secondary N) is 3. The number of piperidine rings is 1. The van der Waals surface area contributed by atoms with Gasteiger partial charge >= 0.3 is 0 Å². The fourth-order valence-electron chi connectivity index (χ4n) is 8.12. The number of imide groups is 1. The third kappa shape index (κ3) is 4.00. The van der Waals surface area contributed by atoms with Crippen molar-refractivity contribution < 1.29 is 14.4 Å². The molecular formula is C34H38N4O3. The average molecular weight is 551 g/mol. The molecule has 4 atom stereocenters. The van der Waals surface area contributed by atoms with Crippen LogP contribution in [0, 0.1) is 16.7 Å². The molecule has 7 rings (SSSR count). The summed E-state index contributed by atoms with van der Waals surface area (Å²) in [5.74, 6) is -0.0549. The Kier molecular flexibility index (Phi) is 6.02. The number of nitrogens with zero attached hydrogens (tertiary/aromatic N) is 1. The van der Waals surface area contributed by atoms with Gasteiger partial charge in [-0.25, -0.2) is 0 Å². The molecule has 3 aromatic rings. The molecule has 3 aromatic carbocycles. The van der Waals surface area contributed by atoms with Gasteiger partial charge in [0.2, 0.25) is 11.8 Å². The van der Waals surface area contributed by atoms with Crippen molar-refractivity contribution in [1.29, 1.82) is 0 Å². The molecule has 41 heavy (non-hydrogen) atoms. The molecule has 0 radical (unpaired) electrons. The summed E-state index contributed by atoms with van der Waals surface area (Å²) in [7, 11) is 0. The van der Waals surface area contributed by atoms with Gasteiger partial charge in [0.15, 0.2) is 0 Å². The highest BCUT2D eigenvalue weighted by Crippen LogP contribution is 2.65. The minimum Gasteiger partial charge on any atom is -0.380 e. The smallest absolute Gasteiger partial charge is 0.259 e. The van der Waals surface area contributed by atoms with E-state index in [9.17, 15) is 14.4 Å². The van der Waals surface area contributed by atoms with Gasteiger partial charge in [-0.05, 0) is 71.8 Å². The number of hydrogen-bond acceptors (Lipinski definition) is 5. The normalized spacial score (nSPS) is 28.0. The van der Waals surface area contributed by atoms with E-state index >= 15 is 0 Å². The van der Waals surface area contributed by atoms with Crippen LogP contribution in [0.5, 0.6) is 0 Å². The van der Waals surface area contributed by atoms with Crippen molar-refractivity contribution in [1.82, 2.24) is 10.6 Å². The molecular weight excluding hydrogens is 512 g/mol. The molecule has 3 fully saturated rings. The second-order valence-corrected chi connectivity index (χ2v) is 13.2. The molecule has 2 bridgehead atoms. The second-order valence-electron chi connectivity index (χ2n) is 13.2. The van der Waals surface area contributed by atoms with Gasteiger partial charge in [-0.1, -0.05) is 57.2 Å². The summed E-state index contributed by atoms with van der Waals surface area (Å²) in [5.41, 5.74) is 5.55. The molecule has 7 heteroatoms. The molecule has 4 aliphatic rings. The van der Waals surface area contributed by atoms with Gasteiger partial charge in [0, 0.05) is 47.6 Å². The Morgan fingerprint density at radius 2 is 1.68 bits per heavy atom. The van der Waals surface area contributed by atoms with Crippen molar-refractivity contribution in [2.24, 2.45) is 16.7 Å². The van der Waals surface area contributed by atoms with Gasteiger partial charge in [-0.2, -0.15) is 0 Å². The predicted octanol–water partition coefficient (Wildman–Crippen LogP) is 5.52. The molecule has 0 spiro atoms. The lowest BCUT2D eigenvalue weighted by Crippen LogP contribution is -2.53. The zero-order valence-electron chi connectivity index (χ0n) is 24.0. The number of carbonyl (C=O) groups is 3. The van der Waals surface area contributed by atoms with E-state index in [1.165, 1.54) is 30.4 Å². The van der Waals surface area contributed by atoms with Crippen LogP contribution in [0.1, 0.15) is 74.4 Å². The van der Waals surface area contributed by atoms with E-state index in [1.54, 1.807) is 4.90 Å². The van der Waals surface area contributed by atoms with Crippen molar-refractivity contribution in [2.75, 3.05) is 10.2 Å². The number of carbonyl (C=O) groups excluding carboxylic acids is 3.